The van der Waals surface area contributed by atoms with Crippen LogP contribution in [0.3, 0.4) is 0 Å². The number of fused-ring (bicyclic) bond motifs is 1. The number of piperidine rings is 1. The first-order chi connectivity index (χ1) is 10.2. The molecule has 3 heterocycles. The predicted octanol–water partition coefficient (Wildman–Crippen LogP) is 1.96. The molecule has 1 aromatic rings. The zero-order chi connectivity index (χ0) is 14.4. The summed E-state index contributed by atoms with van der Waals surface area (Å²) in [5, 5.41) is 0. The fraction of sp³-hybridized carbons (Fsp3) is 0.562. The Morgan fingerprint density at radius 3 is 3.00 bits per heavy atom. The number of halogens is 1. The van der Waals surface area contributed by atoms with E-state index in [1.54, 1.807) is 6.07 Å². The molecule has 2 atom stereocenters. The van der Waals surface area contributed by atoms with Gasteiger partial charge in [0, 0.05) is 12.6 Å². The fourth-order valence-electron chi connectivity index (χ4n) is 4.28. The number of nitrogens with zero attached hydrogens (tertiary/aromatic N) is 3. The van der Waals surface area contributed by atoms with Crippen molar-refractivity contribution in [1.82, 2.24) is 4.90 Å². The molecule has 3 aliphatic rings. The largest absolute Gasteiger partial charge is 0.369 e. The molecule has 0 bridgehead atoms. The minimum absolute atomic E-state index is 0.127. The number of rotatable bonds is 1. The van der Waals surface area contributed by atoms with Gasteiger partial charge in [-0.2, -0.15) is 0 Å². The molecule has 0 amide bonds. The Labute approximate surface area is 124 Å². The highest BCUT2D eigenvalue weighted by atomic mass is 19.1. The van der Waals surface area contributed by atoms with E-state index in [0.29, 0.717) is 24.2 Å². The van der Waals surface area contributed by atoms with Crippen LogP contribution in [-0.2, 0) is 0 Å². The van der Waals surface area contributed by atoms with Crippen molar-refractivity contribution >= 4 is 11.6 Å². The van der Waals surface area contributed by atoms with Gasteiger partial charge in [-0.25, -0.2) is 4.39 Å². The van der Waals surface area contributed by atoms with E-state index < -0.39 is 0 Å². The van der Waals surface area contributed by atoms with E-state index >= 15 is 0 Å². The summed E-state index contributed by atoms with van der Waals surface area (Å²) in [7, 11) is 0. The summed E-state index contributed by atoms with van der Waals surface area (Å²) >= 11 is 0. The number of aliphatic imine (C=N–C) groups is 1. The van der Waals surface area contributed by atoms with Gasteiger partial charge in [-0.1, -0.05) is 12.1 Å². The van der Waals surface area contributed by atoms with Crippen LogP contribution in [0.5, 0.6) is 0 Å². The lowest BCUT2D eigenvalue weighted by Gasteiger charge is -2.47. The highest BCUT2D eigenvalue weighted by molar-refractivity contribution is 5.98. The predicted molar refractivity (Wildman–Crippen MR) is 81.9 cm³/mol. The van der Waals surface area contributed by atoms with Crippen LogP contribution >= 0.6 is 0 Å². The first kappa shape index (κ1) is 13.1. The maximum absolute atomic E-state index is 14.3. The zero-order valence-electron chi connectivity index (χ0n) is 12.1. The maximum Gasteiger partial charge on any atom is 0.196 e. The maximum atomic E-state index is 14.3. The second-order valence-electron chi connectivity index (χ2n) is 6.47. The molecular formula is C16H21FN4. The number of hydrogen-bond acceptors (Lipinski definition) is 4. The molecule has 1 spiro atoms. The highest BCUT2D eigenvalue weighted by Gasteiger charge is 2.49. The third kappa shape index (κ3) is 1.94. The Balaban J connectivity index is 1.70. The van der Waals surface area contributed by atoms with Crippen molar-refractivity contribution < 1.29 is 4.39 Å². The van der Waals surface area contributed by atoms with Crippen molar-refractivity contribution in [3.05, 3.63) is 30.1 Å². The quantitative estimate of drug-likeness (QED) is 0.859. The molecule has 2 unspecified atom stereocenters. The Morgan fingerprint density at radius 1 is 1.29 bits per heavy atom. The topological polar surface area (TPSA) is 44.9 Å². The first-order valence-electron chi connectivity index (χ1n) is 7.78. The van der Waals surface area contributed by atoms with Crippen molar-refractivity contribution in [2.45, 2.75) is 37.3 Å². The van der Waals surface area contributed by atoms with E-state index in [0.717, 1.165) is 19.4 Å². The Hall–Kier alpha value is -1.62. The Kier molecular flexibility index (Phi) is 2.92. The van der Waals surface area contributed by atoms with Crippen LogP contribution < -0.4 is 10.6 Å². The van der Waals surface area contributed by atoms with Crippen molar-refractivity contribution in [2.24, 2.45) is 10.7 Å². The molecule has 0 saturated carbocycles. The third-order valence-corrected chi connectivity index (χ3v) is 5.31. The summed E-state index contributed by atoms with van der Waals surface area (Å²) in [5.41, 5.74) is 6.56. The molecule has 3 aliphatic heterocycles. The van der Waals surface area contributed by atoms with E-state index in [9.17, 15) is 4.39 Å². The molecule has 5 heteroatoms. The Morgan fingerprint density at radius 2 is 2.14 bits per heavy atom. The van der Waals surface area contributed by atoms with Gasteiger partial charge in [0.05, 0.1) is 17.8 Å². The summed E-state index contributed by atoms with van der Waals surface area (Å²) in [6, 6.07) is 7.50. The molecule has 4 rings (SSSR count). The van der Waals surface area contributed by atoms with E-state index in [1.807, 2.05) is 17.0 Å². The fourth-order valence-corrected chi connectivity index (χ4v) is 4.28. The summed E-state index contributed by atoms with van der Waals surface area (Å²) < 4.78 is 14.3. The van der Waals surface area contributed by atoms with Crippen LogP contribution in [0.1, 0.15) is 25.7 Å². The second-order valence-corrected chi connectivity index (χ2v) is 6.47. The van der Waals surface area contributed by atoms with Gasteiger partial charge in [0.25, 0.3) is 0 Å². The van der Waals surface area contributed by atoms with Crippen LogP contribution in [-0.4, -0.2) is 42.1 Å². The van der Waals surface area contributed by atoms with Gasteiger partial charge in [-0.05, 0) is 44.4 Å². The van der Waals surface area contributed by atoms with E-state index in [-0.39, 0.29) is 11.4 Å². The zero-order valence-corrected chi connectivity index (χ0v) is 12.1. The lowest BCUT2D eigenvalue weighted by atomic mass is 9.82. The summed E-state index contributed by atoms with van der Waals surface area (Å²) in [6.07, 6.45) is 4.55. The molecule has 0 aromatic heterocycles. The summed E-state index contributed by atoms with van der Waals surface area (Å²) in [6.45, 7) is 2.96. The minimum Gasteiger partial charge on any atom is -0.369 e. The molecule has 0 radical (unpaired) electrons. The minimum atomic E-state index is -0.217. The standard InChI is InChI=1S/C16H21FN4/c17-13-5-1-2-6-14(13)21-15(18)19-11-16(21)7-9-20-8-3-4-12(20)10-16/h1-2,5-6,12H,3-4,7-11H2,(H2,18,19). The second kappa shape index (κ2) is 4.70. The van der Waals surface area contributed by atoms with Gasteiger partial charge >= 0.3 is 0 Å². The average molecular weight is 288 g/mol. The normalized spacial score (nSPS) is 32.5. The monoisotopic (exact) mass is 288 g/mol. The first-order valence-corrected chi connectivity index (χ1v) is 7.78. The van der Waals surface area contributed by atoms with Crippen LogP contribution in [0.4, 0.5) is 10.1 Å². The van der Waals surface area contributed by atoms with Gasteiger partial charge in [-0.3, -0.25) is 4.99 Å². The lowest BCUT2D eigenvalue weighted by molar-refractivity contribution is 0.140. The van der Waals surface area contributed by atoms with E-state index in [4.69, 9.17) is 5.73 Å². The van der Waals surface area contributed by atoms with Crippen LogP contribution in [0.2, 0.25) is 0 Å². The van der Waals surface area contributed by atoms with Crippen LogP contribution in [0.15, 0.2) is 29.3 Å². The number of anilines is 1. The molecule has 21 heavy (non-hydrogen) atoms. The molecule has 2 N–H and O–H groups in total. The Bertz CT molecular complexity index is 587. The molecule has 1 aromatic carbocycles. The van der Waals surface area contributed by atoms with Crippen LogP contribution in [0, 0.1) is 5.82 Å². The number of para-hydroxylation sites is 1. The molecule has 2 fully saturated rings. The van der Waals surface area contributed by atoms with Crippen molar-refractivity contribution in [3.8, 4) is 0 Å². The highest BCUT2D eigenvalue weighted by Crippen LogP contribution is 2.42. The molecule has 2 saturated heterocycles. The molecular weight excluding hydrogens is 267 g/mol. The van der Waals surface area contributed by atoms with E-state index in [2.05, 4.69) is 9.89 Å². The van der Waals surface area contributed by atoms with Crippen molar-refractivity contribution in [3.63, 3.8) is 0 Å². The number of nitrogens with two attached hydrogens (primary N) is 1. The van der Waals surface area contributed by atoms with Gasteiger partial charge in [0.15, 0.2) is 5.96 Å². The lowest BCUT2D eigenvalue weighted by Crippen LogP contribution is -2.59. The van der Waals surface area contributed by atoms with Crippen molar-refractivity contribution in [2.75, 3.05) is 24.5 Å². The number of hydrogen-bond donors (Lipinski definition) is 1. The molecule has 112 valence electrons. The van der Waals surface area contributed by atoms with Gasteiger partial charge in [-0.15, -0.1) is 0 Å². The smallest absolute Gasteiger partial charge is 0.196 e. The van der Waals surface area contributed by atoms with Gasteiger partial charge in [0.1, 0.15) is 5.82 Å². The SMILES string of the molecule is NC1=NCC2(CCN3CCCC3C2)N1c1ccccc1F. The van der Waals surface area contributed by atoms with Crippen LogP contribution in [0.25, 0.3) is 0 Å². The number of guanidine groups is 1. The molecule has 4 nitrogen and oxygen atoms in total. The molecule has 0 aliphatic carbocycles. The van der Waals surface area contributed by atoms with Gasteiger partial charge < -0.3 is 15.5 Å². The van der Waals surface area contributed by atoms with Crippen molar-refractivity contribution in [1.29, 1.82) is 0 Å². The van der Waals surface area contributed by atoms with E-state index in [1.165, 1.54) is 25.5 Å². The van der Waals surface area contributed by atoms with Gasteiger partial charge in [0.2, 0.25) is 0 Å². The summed E-state index contributed by atoms with van der Waals surface area (Å²) in [5.74, 6) is 0.248. The number of benzene rings is 1. The average Bonchev–Trinajstić information content (AvgIpc) is 3.06. The third-order valence-electron chi connectivity index (χ3n) is 5.31. The summed E-state index contributed by atoms with van der Waals surface area (Å²) in [4.78, 5) is 9.00.